The van der Waals surface area contributed by atoms with Gasteiger partial charge in [0.25, 0.3) is 0 Å². The Morgan fingerprint density at radius 1 is 1.10 bits per heavy atom. The number of rotatable bonds is 5. The molecule has 3 N–H and O–H groups in total. The minimum atomic E-state index is 0.167. The summed E-state index contributed by atoms with van der Waals surface area (Å²) in [6.07, 6.45) is 2.28. The Hall–Kier alpha value is -3.16. The lowest BCUT2D eigenvalue weighted by Gasteiger charge is -2.12. The first-order valence-corrected chi connectivity index (χ1v) is 10.3. The molecular weight excluding hydrogens is 400 g/mol. The summed E-state index contributed by atoms with van der Waals surface area (Å²) in [6, 6.07) is 17.3. The van der Waals surface area contributed by atoms with Gasteiger partial charge >= 0.3 is 0 Å². The second-order valence-corrected chi connectivity index (χ2v) is 7.63. The second kappa shape index (κ2) is 7.93. The molecular formula is C22H21ClN6O. The number of nitrogens with one attached hydrogen (secondary N) is 1. The van der Waals surface area contributed by atoms with Crippen molar-refractivity contribution >= 4 is 34.4 Å². The highest BCUT2D eigenvalue weighted by atomic mass is 35.5. The lowest BCUT2D eigenvalue weighted by Crippen LogP contribution is -2.19. The van der Waals surface area contributed by atoms with Crippen LogP contribution in [-0.2, 0) is 4.74 Å². The van der Waals surface area contributed by atoms with Gasteiger partial charge in [-0.2, -0.15) is 4.98 Å². The SMILES string of the molecule is Nc1c2c(-c3ccccc3Cl)nc(NC[C@@H]3CCCO3)nc2nn1-c1ccccc1. The van der Waals surface area contributed by atoms with Crippen LogP contribution in [0.25, 0.3) is 28.0 Å². The van der Waals surface area contributed by atoms with Crippen molar-refractivity contribution in [3.8, 4) is 16.9 Å². The van der Waals surface area contributed by atoms with Crippen molar-refractivity contribution in [2.24, 2.45) is 0 Å². The van der Waals surface area contributed by atoms with Gasteiger partial charge in [-0.3, -0.25) is 0 Å². The van der Waals surface area contributed by atoms with Crippen LogP contribution in [0.1, 0.15) is 12.8 Å². The van der Waals surface area contributed by atoms with E-state index in [4.69, 9.17) is 27.1 Å². The van der Waals surface area contributed by atoms with Crippen LogP contribution in [0.2, 0.25) is 5.02 Å². The maximum Gasteiger partial charge on any atom is 0.225 e. The molecule has 1 aliphatic heterocycles. The van der Waals surface area contributed by atoms with Gasteiger partial charge in [-0.1, -0.05) is 48.0 Å². The number of hydrogen-bond acceptors (Lipinski definition) is 6. The average Bonchev–Trinajstić information content (AvgIpc) is 3.41. The molecule has 1 aliphatic rings. The molecule has 2 aromatic carbocycles. The zero-order chi connectivity index (χ0) is 20.5. The van der Waals surface area contributed by atoms with Crippen LogP contribution in [0.4, 0.5) is 11.8 Å². The van der Waals surface area contributed by atoms with Gasteiger partial charge in [-0.05, 0) is 31.0 Å². The molecule has 7 nitrogen and oxygen atoms in total. The molecule has 1 atom stereocenters. The van der Waals surface area contributed by atoms with E-state index in [1.54, 1.807) is 4.68 Å². The van der Waals surface area contributed by atoms with Crippen molar-refractivity contribution in [1.82, 2.24) is 19.7 Å². The highest BCUT2D eigenvalue weighted by Crippen LogP contribution is 2.36. The van der Waals surface area contributed by atoms with E-state index in [0.29, 0.717) is 40.1 Å². The number of ether oxygens (including phenoxy) is 1. The summed E-state index contributed by atoms with van der Waals surface area (Å²) in [6.45, 7) is 1.44. The van der Waals surface area contributed by atoms with Crippen molar-refractivity contribution in [3.63, 3.8) is 0 Å². The van der Waals surface area contributed by atoms with Crippen molar-refractivity contribution in [2.45, 2.75) is 18.9 Å². The first kappa shape index (κ1) is 18.8. The maximum atomic E-state index is 6.52. The van der Waals surface area contributed by atoms with Crippen molar-refractivity contribution in [3.05, 3.63) is 59.6 Å². The fraction of sp³-hybridized carbons (Fsp3) is 0.227. The van der Waals surface area contributed by atoms with Crippen LogP contribution >= 0.6 is 11.6 Å². The summed E-state index contributed by atoms with van der Waals surface area (Å²) in [5.74, 6) is 0.947. The molecule has 1 fully saturated rings. The standard InChI is InChI=1S/C22H21ClN6O/c23-17-11-5-4-10-16(17)19-18-20(24)29(14-7-2-1-3-8-14)28-21(18)27-22(26-19)25-13-15-9-6-12-30-15/h1-5,7-8,10-11,15H,6,9,12-13,24H2,(H,25,27,28)/t15-/m0/s1. The Kier molecular flexibility index (Phi) is 4.98. The van der Waals surface area contributed by atoms with Gasteiger partial charge in [-0.25, -0.2) is 9.67 Å². The molecule has 0 saturated carbocycles. The fourth-order valence-electron chi connectivity index (χ4n) is 3.72. The van der Waals surface area contributed by atoms with Gasteiger partial charge in [0.2, 0.25) is 5.95 Å². The third kappa shape index (κ3) is 3.46. The van der Waals surface area contributed by atoms with E-state index in [1.807, 2.05) is 54.6 Å². The lowest BCUT2D eigenvalue weighted by molar-refractivity contribution is 0.120. The topological polar surface area (TPSA) is 90.9 Å². The third-order valence-corrected chi connectivity index (χ3v) is 5.54. The monoisotopic (exact) mass is 420 g/mol. The third-order valence-electron chi connectivity index (χ3n) is 5.21. The first-order chi connectivity index (χ1) is 14.7. The highest BCUT2D eigenvalue weighted by molar-refractivity contribution is 6.33. The van der Waals surface area contributed by atoms with Gasteiger partial charge in [0.05, 0.1) is 22.9 Å². The molecule has 0 amide bonds. The summed E-state index contributed by atoms with van der Waals surface area (Å²) in [5.41, 5.74) is 9.32. The van der Waals surface area contributed by atoms with Crippen LogP contribution in [0.3, 0.4) is 0 Å². The minimum absolute atomic E-state index is 0.167. The van der Waals surface area contributed by atoms with Crippen molar-refractivity contribution < 1.29 is 4.74 Å². The number of para-hydroxylation sites is 1. The molecule has 5 rings (SSSR count). The molecule has 0 bridgehead atoms. The van der Waals surface area contributed by atoms with E-state index < -0.39 is 0 Å². The number of nitrogens with zero attached hydrogens (tertiary/aromatic N) is 4. The van der Waals surface area contributed by atoms with E-state index in [-0.39, 0.29) is 6.10 Å². The number of nitrogens with two attached hydrogens (primary N) is 1. The number of anilines is 2. The summed E-state index contributed by atoms with van der Waals surface area (Å²) in [4.78, 5) is 9.39. The number of aromatic nitrogens is 4. The maximum absolute atomic E-state index is 6.52. The molecule has 2 aromatic heterocycles. The number of hydrogen-bond donors (Lipinski definition) is 2. The predicted octanol–water partition coefficient (Wildman–Crippen LogP) is 4.31. The Morgan fingerprint density at radius 3 is 2.67 bits per heavy atom. The molecule has 30 heavy (non-hydrogen) atoms. The summed E-state index contributed by atoms with van der Waals surface area (Å²) in [7, 11) is 0. The Labute approximate surface area is 178 Å². The minimum Gasteiger partial charge on any atom is -0.383 e. The van der Waals surface area contributed by atoms with Crippen LogP contribution in [-0.4, -0.2) is 39.0 Å². The van der Waals surface area contributed by atoms with Gasteiger partial charge in [0, 0.05) is 23.7 Å². The lowest BCUT2D eigenvalue weighted by atomic mass is 10.1. The van der Waals surface area contributed by atoms with E-state index in [2.05, 4.69) is 15.4 Å². The molecule has 0 unspecified atom stereocenters. The van der Waals surface area contributed by atoms with E-state index in [9.17, 15) is 0 Å². The molecule has 3 heterocycles. The molecule has 0 radical (unpaired) electrons. The van der Waals surface area contributed by atoms with Gasteiger partial charge in [0.15, 0.2) is 5.65 Å². The fourth-order valence-corrected chi connectivity index (χ4v) is 3.94. The number of benzene rings is 2. The van der Waals surface area contributed by atoms with Crippen molar-refractivity contribution in [1.29, 1.82) is 0 Å². The molecule has 8 heteroatoms. The molecule has 4 aromatic rings. The summed E-state index contributed by atoms with van der Waals surface area (Å²) < 4.78 is 7.38. The summed E-state index contributed by atoms with van der Waals surface area (Å²) >= 11 is 6.50. The first-order valence-electron chi connectivity index (χ1n) is 9.93. The van der Waals surface area contributed by atoms with Crippen LogP contribution in [0, 0.1) is 0 Å². The molecule has 0 spiro atoms. The van der Waals surface area contributed by atoms with Crippen LogP contribution < -0.4 is 11.1 Å². The Bertz CT molecular complexity index is 1190. The smallest absolute Gasteiger partial charge is 0.225 e. The molecule has 0 aliphatic carbocycles. The van der Waals surface area contributed by atoms with Gasteiger partial charge in [-0.15, -0.1) is 5.10 Å². The molecule has 1 saturated heterocycles. The quantitative estimate of drug-likeness (QED) is 0.500. The zero-order valence-corrected chi connectivity index (χ0v) is 17.0. The Morgan fingerprint density at radius 2 is 1.90 bits per heavy atom. The highest BCUT2D eigenvalue weighted by Gasteiger charge is 2.21. The molecule has 152 valence electrons. The average molecular weight is 421 g/mol. The second-order valence-electron chi connectivity index (χ2n) is 7.22. The normalized spacial score (nSPS) is 16.2. The van der Waals surface area contributed by atoms with Crippen LogP contribution in [0.15, 0.2) is 54.6 Å². The predicted molar refractivity (Wildman–Crippen MR) is 119 cm³/mol. The van der Waals surface area contributed by atoms with E-state index in [0.717, 1.165) is 30.7 Å². The zero-order valence-electron chi connectivity index (χ0n) is 16.3. The van der Waals surface area contributed by atoms with Crippen molar-refractivity contribution in [2.75, 3.05) is 24.2 Å². The largest absolute Gasteiger partial charge is 0.383 e. The Balaban J connectivity index is 1.65. The van der Waals surface area contributed by atoms with E-state index >= 15 is 0 Å². The number of halogens is 1. The number of fused-ring (bicyclic) bond motifs is 1. The van der Waals surface area contributed by atoms with Gasteiger partial charge in [0.1, 0.15) is 5.82 Å². The van der Waals surface area contributed by atoms with Gasteiger partial charge < -0.3 is 15.8 Å². The number of nitrogen functional groups attached to an aromatic ring is 1. The van der Waals surface area contributed by atoms with E-state index in [1.165, 1.54) is 0 Å². The van der Waals surface area contributed by atoms with Crippen LogP contribution in [0.5, 0.6) is 0 Å². The summed E-state index contributed by atoms with van der Waals surface area (Å²) in [5, 5.41) is 9.23.